The van der Waals surface area contributed by atoms with E-state index >= 15 is 0 Å². The van der Waals surface area contributed by atoms with E-state index in [-0.39, 0.29) is 18.6 Å². The third-order valence-corrected chi connectivity index (χ3v) is 3.56. The van der Waals surface area contributed by atoms with Gasteiger partial charge in [0.2, 0.25) is 0 Å². The van der Waals surface area contributed by atoms with Gasteiger partial charge in [0.15, 0.2) is 0 Å². The maximum absolute atomic E-state index is 11.2. The lowest BCUT2D eigenvalue weighted by atomic mass is 10.2. The lowest BCUT2D eigenvalue weighted by Crippen LogP contribution is -2.44. The number of ether oxygens (including phenoxy) is 1. The molecule has 0 fully saturated rings. The SMILES string of the molecule is CC(C)OC(=O)CNNOCN(C(C)C)C(C)C.Cc1cccc(S)c1. The molecule has 0 unspecified atom stereocenters. The summed E-state index contributed by atoms with van der Waals surface area (Å²) in [6, 6.07) is 8.85. The Hall–Kier alpha value is -1.12. The fourth-order valence-electron chi connectivity index (χ4n) is 2.09. The number of carbonyl (C=O) groups is 1. The zero-order valence-corrected chi connectivity index (χ0v) is 18.0. The van der Waals surface area contributed by atoms with Crippen molar-refractivity contribution in [2.24, 2.45) is 0 Å². The molecule has 0 atom stereocenters. The fraction of sp³-hybridized carbons (Fsp3) is 0.632. The number of aryl methyl sites for hydroxylation is 1. The van der Waals surface area contributed by atoms with Crippen LogP contribution in [0, 0.1) is 6.92 Å². The van der Waals surface area contributed by atoms with Crippen LogP contribution < -0.4 is 11.0 Å². The first-order chi connectivity index (χ1) is 12.1. The van der Waals surface area contributed by atoms with Gasteiger partial charge in [-0.3, -0.25) is 14.5 Å². The Morgan fingerprint density at radius 3 is 2.19 bits per heavy atom. The van der Waals surface area contributed by atoms with E-state index in [1.54, 1.807) is 0 Å². The molecule has 1 aromatic rings. The van der Waals surface area contributed by atoms with Gasteiger partial charge in [-0.1, -0.05) is 17.7 Å². The first-order valence-corrected chi connectivity index (χ1v) is 9.38. The van der Waals surface area contributed by atoms with E-state index in [9.17, 15) is 4.79 Å². The van der Waals surface area contributed by atoms with Crippen molar-refractivity contribution in [3.63, 3.8) is 0 Å². The molecule has 0 spiro atoms. The Labute approximate surface area is 164 Å². The molecule has 0 saturated carbocycles. The van der Waals surface area contributed by atoms with Crippen molar-refractivity contribution in [1.29, 1.82) is 0 Å². The molecular formula is C19H35N3O3S. The van der Waals surface area contributed by atoms with E-state index in [1.807, 2.05) is 32.0 Å². The van der Waals surface area contributed by atoms with Crippen molar-refractivity contribution in [2.75, 3.05) is 13.3 Å². The highest BCUT2D eigenvalue weighted by atomic mass is 32.1. The van der Waals surface area contributed by atoms with Gasteiger partial charge in [0.05, 0.1) is 6.10 Å². The second-order valence-electron chi connectivity index (χ2n) is 6.81. The number of hydrogen-bond donors (Lipinski definition) is 3. The molecule has 2 N–H and O–H groups in total. The van der Waals surface area contributed by atoms with E-state index < -0.39 is 0 Å². The van der Waals surface area contributed by atoms with E-state index in [4.69, 9.17) is 9.57 Å². The van der Waals surface area contributed by atoms with E-state index in [1.165, 1.54) is 5.56 Å². The lowest BCUT2D eigenvalue weighted by Gasteiger charge is -2.29. The van der Waals surface area contributed by atoms with Gasteiger partial charge >= 0.3 is 5.97 Å². The molecule has 1 aromatic carbocycles. The van der Waals surface area contributed by atoms with Crippen LogP contribution >= 0.6 is 12.6 Å². The van der Waals surface area contributed by atoms with Gasteiger partial charge in [0.25, 0.3) is 0 Å². The lowest BCUT2D eigenvalue weighted by molar-refractivity contribution is -0.148. The van der Waals surface area contributed by atoms with Crippen molar-refractivity contribution in [1.82, 2.24) is 15.9 Å². The third-order valence-electron chi connectivity index (χ3n) is 3.29. The fourth-order valence-corrected chi connectivity index (χ4v) is 2.38. The van der Waals surface area contributed by atoms with Crippen molar-refractivity contribution in [2.45, 2.75) is 71.5 Å². The van der Waals surface area contributed by atoms with Gasteiger partial charge in [-0.15, -0.1) is 18.2 Å². The van der Waals surface area contributed by atoms with Crippen LogP contribution in [0.25, 0.3) is 0 Å². The molecule has 0 aliphatic carbocycles. The highest BCUT2D eigenvalue weighted by molar-refractivity contribution is 7.80. The minimum Gasteiger partial charge on any atom is -0.462 e. The molecule has 7 heteroatoms. The number of thiol groups is 1. The monoisotopic (exact) mass is 385 g/mol. The van der Waals surface area contributed by atoms with Gasteiger partial charge < -0.3 is 4.74 Å². The minimum atomic E-state index is -0.314. The molecule has 6 nitrogen and oxygen atoms in total. The van der Waals surface area contributed by atoms with Crippen molar-refractivity contribution in [3.05, 3.63) is 29.8 Å². The second-order valence-corrected chi connectivity index (χ2v) is 7.32. The van der Waals surface area contributed by atoms with Crippen molar-refractivity contribution >= 4 is 18.6 Å². The Morgan fingerprint density at radius 1 is 1.15 bits per heavy atom. The molecule has 0 aliphatic rings. The summed E-state index contributed by atoms with van der Waals surface area (Å²) in [6.45, 7) is 14.6. The van der Waals surface area contributed by atoms with E-state index in [2.05, 4.69) is 69.2 Å². The molecule has 0 bridgehead atoms. The predicted octanol–water partition coefficient (Wildman–Crippen LogP) is 3.32. The molecule has 0 aromatic heterocycles. The normalized spacial score (nSPS) is 11.1. The molecule has 0 amide bonds. The number of hydrogen-bond acceptors (Lipinski definition) is 7. The molecule has 26 heavy (non-hydrogen) atoms. The summed E-state index contributed by atoms with van der Waals surface area (Å²) in [7, 11) is 0. The topological polar surface area (TPSA) is 62.8 Å². The zero-order valence-electron chi connectivity index (χ0n) is 17.1. The number of hydrazine groups is 1. The van der Waals surface area contributed by atoms with Crippen LogP contribution in [0.1, 0.15) is 47.1 Å². The maximum atomic E-state index is 11.2. The smallest absolute Gasteiger partial charge is 0.321 e. The summed E-state index contributed by atoms with van der Waals surface area (Å²) in [5.74, 6) is -0.314. The van der Waals surface area contributed by atoms with Crippen LogP contribution in [0.2, 0.25) is 0 Å². The van der Waals surface area contributed by atoms with Crippen LogP contribution in [0.15, 0.2) is 29.2 Å². The number of esters is 1. The number of nitrogens with zero attached hydrogens (tertiary/aromatic N) is 1. The Morgan fingerprint density at radius 2 is 1.77 bits per heavy atom. The zero-order chi connectivity index (χ0) is 20.1. The number of nitrogens with one attached hydrogen (secondary N) is 2. The van der Waals surface area contributed by atoms with E-state index in [0.29, 0.717) is 18.8 Å². The molecular weight excluding hydrogens is 350 g/mol. The molecule has 1 rings (SSSR count). The van der Waals surface area contributed by atoms with Crippen LogP contribution in [-0.2, 0) is 14.4 Å². The van der Waals surface area contributed by atoms with Gasteiger partial charge in [-0.25, -0.2) is 5.43 Å². The van der Waals surface area contributed by atoms with Crippen LogP contribution in [0.3, 0.4) is 0 Å². The molecule has 0 radical (unpaired) electrons. The van der Waals surface area contributed by atoms with Gasteiger partial charge in [0, 0.05) is 17.0 Å². The molecule has 0 heterocycles. The largest absolute Gasteiger partial charge is 0.462 e. The Bertz CT molecular complexity index is 485. The predicted molar refractivity (Wildman–Crippen MR) is 109 cm³/mol. The van der Waals surface area contributed by atoms with Gasteiger partial charge in [0.1, 0.15) is 13.3 Å². The summed E-state index contributed by atoms with van der Waals surface area (Å²) in [6.07, 6.45) is -0.0995. The summed E-state index contributed by atoms with van der Waals surface area (Å²) in [5, 5.41) is 0. The standard InChI is InChI=1S/C12H27N3O3.C7H8S/c1-9(2)15(10(3)4)8-17-14-13-7-12(16)18-11(5)6;1-6-3-2-4-7(8)5-6/h9-11,13-14H,7-8H2,1-6H3;2-5,8H,1H3. The van der Waals surface area contributed by atoms with Crippen LogP contribution in [-0.4, -0.2) is 42.3 Å². The quantitative estimate of drug-likeness (QED) is 0.199. The van der Waals surface area contributed by atoms with Crippen molar-refractivity contribution < 1.29 is 14.4 Å². The maximum Gasteiger partial charge on any atom is 0.321 e. The molecule has 0 saturated heterocycles. The minimum absolute atomic E-state index is 0.0710. The summed E-state index contributed by atoms with van der Waals surface area (Å²) >= 11 is 4.15. The number of carbonyl (C=O) groups excluding carboxylic acids is 1. The van der Waals surface area contributed by atoms with Crippen molar-refractivity contribution in [3.8, 4) is 0 Å². The molecule has 0 aliphatic heterocycles. The summed E-state index contributed by atoms with van der Waals surface area (Å²) in [4.78, 5) is 19.6. The number of benzene rings is 1. The Balaban J connectivity index is 0.000000642. The first-order valence-electron chi connectivity index (χ1n) is 8.94. The first kappa shape index (κ1) is 24.9. The van der Waals surface area contributed by atoms with Crippen LogP contribution in [0.4, 0.5) is 0 Å². The van der Waals surface area contributed by atoms with E-state index in [0.717, 1.165) is 4.90 Å². The Kier molecular flexibility index (Phi) is 13.4. The third kappa shape index (κ3) is 13.1. The summed E-state index contributed by atoms with van der Waals surface area (Å²) in [5.41, 5.74) is 6.45. The average Bonchev–Trinajstić information content (AvgIpc) is 2.49. The van der Waals surface area contributed by atoms with Gasteiger partial charge in [-0.2, -0.15) is 0 Å². The number of rotatable bonds is 9. The highest BCUT2D eigenvalue weighted by Crippen LogP contribution is 2.06. The second kappa shape index (κ2) is 14.0. The summed E-state index contributed by atoms with van der Waals surface area (Å²) < 4.78 is 4.95. The van der Waals surface area contributed by atoms with Gasteiger partial charge in [-0.05, 0) is 60.6 Å². The van der Waals surface area contributed by atoms with Crippen LogP contribution in [0.5, 0.6) is 0 Å². The average molecular weight is 386 g/mol. The highest BCUT2D eigenvalue weighted by Gasteiger charge is 2.13. The molecule has 150 valence electrons.